The molecule has 3 aliphatic rings. The molecule has 0 unspecified atom stereocenters. The van der Waals surface area contributed by atoms with Crippen molar-refractivity contribution in [2.45, 2.75) is 150 Å². The van der Waals surface area contributed by atoms with E-state index in [1.165, 1.54) is 104 Å². The number of thiophene rings is 1. The first-order valence-corrected chi connectivity index (χ1v) is 28.6. The molecule has 9 aromatic rings. The highest BCUT2D eigenvalue weighted by Gasteiger charge is 2.47. The Morgan fingerprint density at radius 1 is 0.447 bits per heavy atom. The summed E-state index contributed by atoms with van der Waals surface area (Å²) < 4.78 is 2.71. The van der Waals surface area contributed by atoms with Crippen molar-refractivity contribution < 1.29 is 0 Å². The van der Waals surface area contributed by atoms with Gasteiger partial charge in [-0.25, -0.2) is 0 Å². The lowest BCUT2D eigenvalue weighted by molar-refractivity contribution is 0.403. The highest BCUT2D eigenvalue weighted by Crippen LogP contribution is 2.54. The minimum atomic E-state index is -0.0543. The van der Waals surface area contributed by atoms with Crippen LogP contribution in [0.5, 0.6) is 0 Å². The molecule has 0 bridgehead atoms. The van der Waals surface area contributed by atoms with Crippen LogP contribution in [0.1, 0.15) is 151 Å². The van der Waals surface area contributed by atoms with Crippen molar-refractivity contribution in [3.05, 3.63) is 191 Å². The van der Waals surface area contributed by atoms with Gasteiger partial charge in [0.15, 0.2) is 0 Å². The van der Waals surface area contributed by atoms with Gasteiger partial charge in [-0.05, 0) is 173 Å². The van der Waals surface area contributed by atoms with Gasteiger partial charge in [-0.3, -0.25) is 0 Å². The molecule has 1 aromatic heterocycles. The molecule has 3 heterocycles. The van der Waals surface area contributed by atoms with Gasteiger partial charge >= 0.3 is 0 Å². The topological polar surface area (TPSA) is 9.72 Å². The first-order valence-electron chi connectivity index (χ1n) is 27.8. The van der Waals surface area contributed by atoms with Crippen LogP contribution in [-0.4, -0.2) is 6.71 Å². The summed E-state index contributed by atoms with van der Waals surface area (Å²) in [6.07, 6.45) is 1.11. The van der Waals surface area contributed by atoms with E-state index in [1.54, 1.807) is 0 Å². The third kappa shape index (κ3) is 8.21. The molecule has 3 nitrogen and oxygen atoms in total. The van der Waals surface area contributed by atoms with Crippen LogP contribution < -0.4 is 30.4 Å². The second-order valence-electron chi connectivity index (χ2n) is 27.9. The molecule has 0 saturated carbocycles. The van der Waals surface area contributed by atoms with Crippen LogP contribution in [0, 0.1) is 0 Å². The Morgan fingerprint density at radius 3 is 1.58 bits per heavy atom. The molecule has 5 heteroatoms. The number of nitrogens with zero attached hydrogens (tertiary/aromatic N) is 3. The Bertz CT molecular complexity index is 3790. The van der Waals surface area contributed by atoms with Crippen molar-refractivity contribution in [2.24, 2.45) is 0 Å². The number of fused-ring (bicyclic) bond motifs is 8. The summed E-state index contributed by atoms with van der Waals surface area (Å²) in [5.41, 5.74) is 21.7. The van der Waals surface area contributed by atoms with Crippen molar-refractivity contribution >= 4 is 106 Å². The van der Waals surface area contributed by atoms with E-state index in [0.29, 0.717) is 0 Å². The zero-order valence-electron chi connectivity index (χ0n) is 48.0. The fourth-order valence-electron chi connectivity index (χ4n) is 13.2. The normalized spacial score (nSPS) is 15.7. The summed E-state index contributed by atoms with van der Waals surface area (Å²) in [6.45, 7) is 37.7. The van der Waals surface area contributed by atoms with Gasteiger partial charge in [0, 0.05) is 54.7 Å². The zero-order chi connectivity index (χ0) is 53.8. The maximum atomic E-state index is 2.66. The first-order chi connectivity index (χ1) is 35.7. The van der Waals surface area contributed by atoms with Crippen LogP contribution in [0.25, 0.3) is 20.9 Å². The predicted molar refractivity (Wildman–Crippen MR) is 334 cm³/mol. The predicted octanol–water partition coefficient (Wildman–Crippen LogP) is 18.8. The van der Waals surface area contributed by atoms with Gasteiger partial charge < -0.3 is 14.7 Å². The molecule has 2 aliphatic heterocycles. The second-order valence-corrected chi connectivity index (χ2v) is 29.0. The zero-order valence-corrected chi connectivity index (χ0v) is 48.9. The molecule has 76 heavy (non-hydrogen) atoms. The smallest absolute Gasteiger partial charge is 0.264 e. The van der Waals surface area contributed by atoms with E-state index in [9.17, 15) is 0 Å². The second kappa shape index (κ2) is 17.0. The van der Waals surface area contributed by atoms with Gasteiger partial charge in [-0.2, -0.15) is 0 Å². The van der Waals surface area contributed by atoms with Gasteiger partial charge in [0.25, 0.3) is 6.71 Å². The van der Waals surface area contributed by atoms with Gasteiger partial charge in [-0.15, -0.1) is 11.3 Å². The van der Waals surface area contributed by atoms with Crippen molar-refractivity contribution in [3.63, 3.8) is 0 Å². The summed E-state index contributed by atoms with van der Waals surface area (Å²) >= 11 is 1.99. The average Bonchev–Trinajstić information content (AvgIpc) is 3.87. The monoisotopic (exact) mass is 1010 g/mol. The number of anilines is 9. The van der Waals surface area contributed by atoms with Crippen molar-refractivity contribution in [2.75, 3.05) is 14.7 Å². The average molecular weight is 1010 g/mol. The van der Waals surface area contributed by atoms with E-state index < -0.39 is 0 Å². The summed E-state index contributed by atoms with van der Waals surface area (Å²) in [6, 6.07) is 62.0. The molecular weight excluding hydrogens is 938 g/mol. The molecule has 384 valence electrons. The van der Waals surface area contributed by atoms with E-state index in [-0.39, 0.29) is 39.2 Å². The summed E-state index contributed by atoms with van der Waals surface area (Å²) in [7, 11) is 0. The van der Waals surface area contributed by atoms with Crippen LogP contribution in [-0.2, 0) is 32.5 Å². The van der Waals surface area contributed by atoms with Crippen molar-refractivity contribution in [1.29, 1.82) is 0 Å². The maximum absolute atomic E-state index is 2.66. The minimum Gasteiger partial charge on any atom is -0.311 e. The quantitative estimate of drug-likeness (QED) is 0.159. The first kappa shape index (κ1) is 50.3. The Hall–Kier alpha value is -6.56. The van der Waals surface area contributed by atoms with E-state index in [1.807, 2.05) is 11.3 Å². The molecule has 0 radical (unpaired) electrons. The molecule has 8 aromatic carbocycles. The van der Waals surface area contributed by atoms with E-state index >= 15 is 0 Å². The van der Waals surface area contributed by atoms with Crippen LogP contribution >= 0.6 is 11.3 Å². The largest absolute Gasteiger partial charge is 0.311 e. The highest BCUT2D eigenvalue weighted by atomic mass is 32.1. The molecule has 0 amide bonds. The standard InChI is InChI=1S/C71H76BN3S/c1-66(2,3)46-22-29-50(30-23-46)74-59-35-26-49(69(10,11)12)39-58(59)72-63-60(74)41-54(73(52-28-21-44-19-17-18-20-45(44)37-52)53-33-34-56-57(40-53)71(15,16)43-70(56,13)14)42-61(63)75(51-31-24-47(25-32-51)67(4,5)6)64-55-38-48(68(7,8)9)27-36-62(55)76-65(64)72/h17-42H,43H2,1-16H3. The van der Waals surface area contributed by atoms with Crippen LogP contribution in [0.4, 0.5) is 51.2 Å². The van der Waals surface area contributed by atoms with E-state index in [4.69, 9.17) is 0 Å². The molecule has 0 saturated heterocycles. The maximum Gasteiger partial charge on any atom is 0.264 e. The SMILES string of the molecule is CC(C)(C)c1ccc(N2c3ccc(C(C)(C)C)cc3B3c4sc5ccc(C(C)(C)C)cc5c4N(c4ccc(C(C)(C)C)cc4)c4cc(N(c5ccc6c(c5)C(C)(C)CC6(C)C)c5ccc6ccccc6c5)cc2c43)cc1. The van der Waals surface area contributed by atoms with Gasteiger partial charge in [0.1, 0.15) is 0 Å². The van der Waals surface area contributed by atoms with Crippen LogP contribution in [0.2, 0.25) is 0 Å². The van der Waals surface area contributed by atoms with E-state index in [0.717, 1.165) is 23.5 Å². The number of hydrogen-bond acceptors (Lipinski definition) is 4. The number of hydrogen-bond donors (Lipinski definition) is 0. The Morgan fingerprint density at radius 2 is 0.961 bits per heavy atom. The van der Waals surface area contributed by atoms with Crippen LogP contribution in [0.3, 0.4) is 0 Å². The van der Waals surface area contributed by atoms with Gasteiger partial charge in [-0.1, -0.05) is 190 Å². The fourth-order valence-corrected chi connectivity index (χ4v) is 14.5. The lowest BCUT2D eigenvalue weighted by Gasteiger charge is -2.44. The van der Waals surface area contributed by atoms with Crippen molar-refractivity contribution in [1.82, 2.24) is 0 Å². The van der Waals surface area contributed by atoms with E-state index in [2.05, 4.69) is 283 Å². The summed E-state index contributed by atoms with van der Waals surface area (Å²) in [5.74, 6) is 0. The van der Waals surface area contributed by atoms with Gasteiger partial charge in [0.05, 0.1) is 11.4 Å². The third-order valence-corrected chi connectivity index (χ3v) is 18.4. The summed E-state index contributed by atoms with van der Waals surface area (Å²) in [4.78, 5) is 7.84. The highest BCUT2D eigenvalue weighted by molar-refractivity contribution is 7.33. The van der Waals surface area contributed by atoms with Gasteiger partial charge in [0.2, 0.25) is 0 Å². The molecule has 0 fully saturated rings. The minimum absolute atomic E-state index is 0.00393. The molecule has 12 rings (SSSR count). The molecule has 0 atom stereocenters. The molecule has 0 spiro atoms. The fraction of sp³-hybridized carbons (Fsp3) is 0.324. The Kier molecular flexibility index (Phi) is 11.2. The molecule has 0 N–H and O–H groups in total. The lowest BCUT2D eigenvalue weighted by Crippen LogP contribution is -2.60. The molecular formula is C71H76BN3S. The third-order valence-electron chi connectivity index (χ3n) is 17.2. The van der Waals surface area contributed by atoms with Crippen molar-refractivity contribution in [3.8, 4) is 0 Å². The number of rotatable bonds is 5. The number of benzene rings is 8. The molecule has 1 aliphatic carbocycles. The van der Waals surface area contributed by atoms with Crippen LogP contribution in [0.15, 0.2) is 158 Å². The lowest BCUT2D eigenvalue weighted by atomic mass is 9.36. The Labute approximate surface area is 458 Å². The summed E-state index contributed by atoms with van der Waals surface area (Å²) in [5, 5.41) is 3.77. The Balaban J connectivity index is 1.23.